The zero-order valence-electron chi connectivity index (χ0n) is 21.1. The first-order chi connectivity index (χ1) is 17.9. The molecule has 2 aromatic carbocycles. The van der Waals surface area contributed by atoms with E-state index in [0.717, 1.165) is 10.8 Å². The molecule has 3 heterocycles. The van der Waals surface area contributed by atoms with Gasteiger partial charge in [-0.25, -0.2) is 0 Å². The Balaban J connectivity index is 1.55. The number of likely N-dealkylation sites (N-methyl/N-ethyl adjacent to an activating group) is 1. The second kappa shape index (κ2) is 9.76. The standard InChI is InChI=1S/C29H33N3O5/c1-4-14-30(3)26(34)23-22-12-13-29(37-22)24(23)27(35)32(16-17-33)25(29)28(36)31(15-5-2)21-11-10-19-8-6-7-9-20(19)18-21/h4-11,18,22-25,33H,1-2,12-17H2,3H3/t22-,23+,24+,25?,29?/m1/s1. The van der Waals surface area contributed by atoms with Crippen LogP contribution in [0.3, 0.4) is 0 Å². The highest BCUT2D eigenvalue weighted by Gasteiger charge is 2.74. The predicted molar refractivity (Wildman–Crippen MR) is 141 cm³/mol. The zero-order chi connectivity index (χ0) is 26.3. The van der Waals surface area contributed by atoms with Crippen molar-refractivity contribution in [2.75, 3.05) is 38.2 Å². The highest BCUT2D eigenvalue weighted by Crippen LogP contribution is 2.58. The third kappa shape index (κ3) is 3.86. The van der Waals surface area contributed by atoms with E-state index in [0.29, 0.717) is 25.1 Å². The highest BCUT2D eigenvalue weighted by molar-refractivity contribution is 6.05. The number of rotatable bonds is 9. The van der Waals surface area contributed by atoms with Gasteiger partial charge in [0.1, 0.15) is 11.6 Å². The number of hydrogen-bond donors (Lipinski definition) is 1. The molecule has 0 aliphatic carbocycles. The van der Waals surface area contributed by atoms with E-state index in [4.69, 9.17) is 4.74 Å². The van der Waals surface area contributed by atoms with Crippen molar-refractivity contribution in [1.82, 2.24) is 9.80 Å². The molecule has 1 spiro atoms. The number of carbonyl (C=O) groups is 3. The van der Waals surface area contributed by atoms with Crippen molar-refractivity contribution < 1.29 is 24.2 Å². The summed E-state index contributed by atoms with van der Waals surface area (Å²) in [5.74, 6) is -2.23. The largest absolute Gasteiger partial charge is 0.395 e. The molecule has 5 atom stereocenters. The predicted octanol–water partition coefficient (Wildman–Crippen LogP) is 2.37. The number of ether oxygens (including phenoxy) is 1. The van der Waals surface area contributed by atoms with Gasteiger partial charge in [-0.2, -0.15) is 0 Å². The molecule has 0 radical (unpaired) electrons. The molecule has 3 saturated heterocycles. The van der Waals surface area contributed by atoms with Crippen molar-refractivity contribution in [2.24, 2.45) is 11.8 Å². The Kier molecular flexibility index (Phi) is 6.64. The maximum atomic E-state index is 14.4. The van der Waals surface area contributed by atoms with Crippen molar-refractivity contribution in [2.45, 2.75) is 30.6 Å². The van der Waals surface area contributed by atoms with E-state index in [2.05, 4.69) is 13.2 Å². The Morgan fingerprint density at radius 2 is 1.86 bits per heavy atom. The lowest BCUT2D eigenvalue weighted by atomic mass is 9.70. The van der Waals surface area contributed by atoms with Gasteiger partial charge in [-0.15, -0.1) is 13.2 Å². The zero-order valence-corrected chi connectivity index (χ0v) is 21.1. The normalized spacial score (nSPS) is 27.8. The fourth-order valence-corrected chi connectivity index (χ4v) is 6.54. The van der Waals surface area contributed by atoms with E-state index in [9.17, 15) is 19.5 Å². The number of aliphatic hydroxyl groups excluding tert-OH is 1. The van der Waals surface area contributed by atoms with E-state index in [1.165, 1.54) is 4.90 Å². The number of fused-ring (bicyclic) bond motifs is 2. The quantitative estimate of drug-likeness (QED) is 0.531. The second-order valence-corrected chi connectivity index (χ2v) is 10.1. The van der Waals surface area contributed by atoms with E-state index in [-0.39, 0.29) is 37.4 Å². The minimum absolute atomic E-state index is 0.00935. The minimum atomic E-state index is -1.11. The maximum Gasteiger partial charge on any atom is 0.253 e. The lowest BCUT2D eigenvalue weighted by Gasteiger charge is -2.36. The Hall–Kier alpha value is -3.49. The van der Waals surface area contributed by atoms with Crippen molar-refractivity contribution in [1.29, 1.82) is 0 Å². The second-order valence-electron chi connectivity index (χ2n) is 10.1. The van der Waals surface area contributed by atoms with Gasteiger partial charge in [-0.3, -0.25) is 14.4 Å². The topological polar surface area (TPSA) is 90.4 Å². The van der Waals surface area contributed by atoms with Gasteiger partial charge in [0.25, 0.3) is 5.91 Å². The molecule has 194 valence electrons. The third-order valence-electron chi connectivity index (χ3n) is 8.06. The van der Waals surface area contributed by atoms with Crippen LogP contribution in [0, 0.1) is 11.8 Å². The van der Waals surface area contributed by atoms with Gasteiger partial charge in [0, 0.05) is 32.4 Å². The van der Waals surface area contributed by atoms with Crippen LogP contribution in [-0.4, -0.2) is 83.7 Å². The molecule has 3 aliphatic heterocycles. The maximum absolute atomic E-state index is 14.4. The number of aliphatic hydroxyl groups is 1. The lowest BCUT2D eigenvalue weighted by molar-refractivity contribution is -0.144. The van der Waals surface area contributed by atoms with Crippen LogP contribution in [0.2, 0.25) is 0 Å². The van der Waals surface area contributed by atoms with E-state index in [1.54, 1.807) is 29.0 Å². The number of likely N-dealkylation sites (tertiary alicyclic amines) is 1. The van der Waals surface area contributed by atoms with Crippen LogP contribution in [0.4, 0.5) is 5.69 Å². The third-order valence-corrected chi connectivity index (χ3v) is 8.06. The molecule has 2 unspecified atom stereocenters. The number of anilines is 1. The summed E-state index contributed by atoms with van der Waals surface area (Å²) in [6.45, 7) is 7.84. The molecule has 3 fully saturated rings. The van der Waals surface area contributed by atoms with E-state index in [1.807, 2.05) is 42.5 Å². The summed E-state index contributed by atoms with van der Waals surface area (Å²) in [7, 11) is 1.68. The first-order valence-corrected chi connectivity index (χ1v) is 12.7. The lowest BCUT2D eigenvalue weighted by Crippen LogP contribution is -2.57. The van der Waals surface area contributed by atoms with Crippen LogP contribution in [0.15, 0.2) is 67.8 Å². The highest BCUT2D eigenvalue weighted by atomic mass is 16.5. The molecule has 5 rings (SSSR count). The molecule has 3 amide bonds. The number of carbonyl (C=O) groups excluding carboxylic acids is 3. The average molecular weight is 504 g/mol. The minimum Gasteiger partial charge on any atom is -0.395 e. The summed E-state index contributed by atoms with van der Waals surface area (Å²) in [4.78, 5) is 46.2. The Morgan fingerprint density at radius 1 is 1.14 bits per heavy atom. The molecule has 0 saturated carbocycles. The molecule has 37 heavy (non-hydrogen) atoms. The summed E-state index contributed by atoms with van der Waals surface area (Å²) in [6, 6.07) is 12.7. The van der Waals surface area contributed by atoms with Crippen LogP contribution >= 0.6 is 0 Å². The number of benzene rings is 2. The number of nitrogens with zero attached hydrogens (tertiary/aromatic N) is 3. The van der Waals surface area contributed by atoms with Gasteiger partial charge in [0.15, 0.2) is 0 Å². The molecular weight excluding hydrogens is 470 g/mol. The van der Waals surface area contributed by atoms with Crippen LogP contribution in [0.25, 0.3) is 10.8 Å². The molecule has 2 bridgehead atoms. The number of amides is 3. The Bertz CT molecular complexity index is 1260. The van der Waals surface area contributed by atoms with Crippen LogP contribution in [-0.2, 0) is 19.1 Å². The molecule has 1 N–H and O–H groups in total. The average Bonchev–Trinajstić information content (AvgIpc) is 3.54. The summed E-state index contributed by atoms with van der Waals surface area (Å²) in [6.07, 6.45) is 3.96. The van der Waals surface area contributed by atoms with Crippen LogP contribution < -0.4 is 4.90 Å². The van der Waals surface area contributed by atoms with Crippen LogP contribution in [0.1, 0.15) is 12.8 Å². The fourth-order valence-electron chi connectivity index (χ4n) is 6.54. The number of hydrogen-bond acceptors (Lipinski definition) is 5. The van der Waals surface area contributed by atoms with E-state index >= 15 is 0 Å². The SMILES string of the molecule is C=CCN(C)C(=O)[C@@H]1[C@H]2C(=O)N(CCO)C(C(=O)N(CC=C)c3ccc4ccccc4c3)C23CC[C@H]1O3. The molecule has 2 aromatic rings. The summed E-state index contributed by atoms with van der Waals surface area (Å²) in [5, 5.41) is 11.9. The Labute approximate surface area is 216 Å². The smallest absolute Gasteiger partial charge is 0.253 e. The van der Waals surface area contributed by atoms with E-state index < -0.39 is 29.6 Å². The monoisotopic (exact) mass is 503 g/mol. The van der Waals surface area contributed by atoms with Crippen molar-refractivity contribution in [3.63, 3.8) is 0 Å². The summed E-state index contributed by atoms with van der Waals surface area (Å²) < 4.78 is 6.47. The van der Waals surface area contributed by atoms with Gasteiger partial charge in [0.2, 0.25) is 11.8 Å². The van der Waals surface area contributed by atoms with Gasteiger partial charge in [0.05, 0.1) is 24.5 Å². The van der Waals surface area contributed by atoms with Gasteiger partial charge < -0.3 is 24.5 Å². The Morgan fingerprint density at radius 3 is 2.57 bits per heavy atom. The molecular formula is C29H33N3O5. The molecule has 8 nitrogen and oxygen atoms in total. The van der Waals surface area contributed by atoms with Crippen LogP contribution in [0.5, 0.6) is 0 Å². The first kappa shape index (κ1) is 25.2. The fraction of sp³-hybridized carbons (Fsp3) is 0.414. The first-order valence-electron chi connectivity index (χ1n) is 12.7. The summed E-state index contributed by atoms with van der Waals surface area (Å²) >= 11 is 0. The number of β-amino-alcohol motifs (C(OH)–C–C–N with tert-alkyl or cyclic N) is 1. The van der Waals surface area contributed by atoms with Crippen molar-refractivity contribution in [3.05, 3.63) is 67.8 Å². The molecule has 8 heteroatoms. The van der Waals surface area contributed by atoms with Gasteiger partial charge in [-0.1, -0.05) is 42.5 Å². The molecule has 0 aromatic heterocycles. The van der Waals surface area contributed by atoms with Gasteiger partial charge in [-0.05, 0) is 35.7 Å². The van der Waals surface area contributed by atoms with Crippen molar-refractivity contribution >= 4 is 34.2 Å². The summed E-state index contributed by atoms with van der Waals surface area (Å²) in [5.41, 5.74) is -0.426. The van der Waals surface area contributed by atoms with Crippen molar-refractivity contribution in [3.8, 4) is 0 Å². The van der Waals surface area contributed by atoms with Gasteiger partial charge >= 0.3 is 0 Å². The molecule has 3 aliphatic rings.